The Balaban J connectivity index is 1.87. The Hall–Kier alpha value is -2.11. The summed E-state index contributed by atoms with van der Waals surface area (Å²) in [4.78, 5) is 28.4. The number of rotatable bonds is 3. The zero-order chi connectivity index (χ0) is 15.5. The van der Waals surface area contributed by atoms with Crippen molar-refractivity contribution in [3.63, 3.8) is 0 Å². The molecule has 0 saturated carbocycles. The number of carbonyl (C=O) groups excluding carboxylic acids is 2. The van der Waals surface area contributed by atoms with Gasteiger partial charge in [0, 0.05) is 30.9 Å². The molecule has 1 aromatic heterocycles. The number of anilines is 1. The van der Waals surface area contributed by atoms with E-state index >= 15 is 0 Å². The summed E-state index contributed by atoms with van der Waals surface area (Å²) in [6.07, 6.45) is 2.85. The van der Waals surface area contributed by atoms with E-state index in [1.165, 1.54) is 6.20 Å². The average Bonchev–Trinajstić information content (AvgIpc) is 2.86. The van der Waals surface area contributed by atoms with E-state index in [1.807, 2.05) is 20.8 Å². The second kappa shape index (κ2) is 6.11. The highest BCUT2D eigenvalue weighted by molar-refractivity contribution is 5.74. The highest BCUT2D eigenvalue weighted by atomic mass is 16.6. The van der Waals surface area contributed by atoms with Gasteiger partial charge in [-0.15, -0.1) is 0 Å². The van der Waals surface area contributed by atoms with Crippen LogP contribution in [0.1, 0.15) is 37.6 Å². The average molecular weight is 291 g/mol. The molecule has 1 aromatic rings. The summed E-state index contributed by atoms with van der Waals surface area (Å²) < 4.78 is 5.36. The second-order valence-corrected chi connectivity index (χ2v) is 6.15. The number of aromatic nitrogens is 1. The van der Waals surface area contributed by atoms with Crippen molar-refractivity contribution < 1.29 is 14.3 Å². The Morgan fingerprint density at radius 1 is 1.48 bits per heavy atom. The van der Waals surface area contributed by atoms with Gasteiger partial charge in [-0.05, 0) is 39.3 Å². The van der Waals surface area contributed by atoms with Crippen molar-refractivity contribution in [2.75, 3.05) is 18.4 Å². The van der Waals surface area contributed by atoms with Gasteiger partial charge in [-0.25, -0.2) is 9.78 Å². The SMILES string of the molecule is CC(C)(C)OC(=O)N1CC[C@@H](Nc2ccc(C=O)cn2)C1. The number of nitrogens with zero attached hydrogens (tertiary/aromatic N) is 2. The van der Waals surface area contributed by atoms with E-state index in [0.29, 0.717) is 24.5 Å². The van der Waals surface area contributed by atoms with E-state index in [-0.39, 0.29) is 12.1 Å². The topological polar surface area (TPSA) is 71.5 Å². The third-order valence-electron chi connectivity index (χ3n) is 3.11. The predicted octanol–water partition coefficient (Wildman–Crippen LogP) is 2.32. The predicted molar refractivity (Wildman–Crippen MR) is 79.5 cm³/mol. The van der Waals surface area contributed by atoms with Crippen LogP contribution in [-0.2, 0) is 4.74 Å². The lowest BCUT2D eigenvalue weighted by Crippen LogP contribution is -2.36. The maximum absolute atomic E-state index is 12.0. The zero-order valence-electron chi connectivity index (χ0n) is 12.6. The molecule has 21 heavy (non-hydrogen) atoms. The molecule has 6 heteroatoms. The highest BCUT2D eigenvalue weighted by Crippen LogP contribution is 2.17. The van der Waals surface area contributed by atoms with Gasteiger partial charge in [0.25, 0.3) is 0 Å². The summed E-state index contributed by atoms with van der Waals surface area (Å²) in [6, 6.07) is 3.62. The van der Waals surface area contributed by atoms with Crippen LogP contribution in [0.4, 0.5) is 10.6 Å². The van der Waals surface area contributed by atoms with Gasteiger partial charge in [0.1, 0.15) is 11.4 Å². The molecule has 2 heterocycles. The number of hydrogen-bond donors (Lipinski definition) is 1. The van der Waals surface area contributed by atoms with Gasteiger partial charge in [-0.2, -0.15) is 0 Å². The second-order valence-electron chi connectivity index (χ2n) is 6.15. The van der Waals surface area contributed by atoms with E-state index in [2.05, 4.69) is 10.3 Å². The number of amides is 1. The fourth-order valence-electron chi connectivity index (χ4n) is 2.14. The maximum Gasteiger partial charge on any atom is 0.410 e. The molecule has 1 aliphatic heterocycles. The molecule has 0 radical (unpaired) electrons. The van der Waals surface area contributed by atoms with Crippen molar-refractivity contribution in [1.29, 1.82) is 0 Å². The van der Waals surface area contributed by atoms with Gasteiger partial charge in [-0.3, -0.25) is 4.79 Å². The number of ether oxygens (including phenoxy) is 1. The van der Waals surface area contributed by atoms with Gasteiger partial charge >= 0.3 is 6.09 Å². The number of pyridine rings is 1. The van der Waals surface area contributed by atoms with Crippen LogP contribution < -0.4 is 5.32 Å². The van der Waals surface area contributed by atoms with Crippen LogP contribution in [0.3, 0.4) is 0 Å². The van der Waals surface area contributed by atoms with Crippen molar-refractivity contribution in [3.05, 3.63) is 23.9 Å². The highest BCUT2D eigenvalue weighted by Gasteiger charge is 2.29. The lowest BCUT2D eigenvalue weighted by molar-refractivity contribution is 0.0293. The summed E-state index contributed by atoms with van der Waals surface area (Å²) in [5, 5.41) is 3.26. The first kappa shape index (κ1) is 15.3. The van der Waals surface area contributed by atoms with Crippen LogP contribution in [0.15, 0.2) is 18.3 Å². The molecule has 114 valence electrons. The van der Waals surface area contributed by atoms with E-state index < -0.39 is 5.60 Å². The van der Waals surface area contributed by atoms with Crippen molar-refractivity contribution in [3.8, 4) is 0 Å². The van der Waals surface area contributed by atoms with E-state index in [9.17, 15) is 9.59 Å². The van der Waals surface area contributed by atoms with Crippen LogP contribution in [0.2, 0.25) is 0 Å². The van der Waals surface area contributed by atoms with Crippen LogP contribution >= 0.6 is 0 Å². The summed E-state index contributed by atoms with van der Waals surface area (Å²) >= 11 is 0. The van der Waals surface area contributed by atoms with Gasteiger partial charge in [-0.1, -0.05) is 0 Å². The molecule has 6 nitrogen and oxygen atoms in total. The fraction of sp³-hybridized carbons (Fsp3) is 0.533. The quantitative estimate of drug-likeness (QED) is 0.865. The minimum Gasteiger partial charge on any atom is -0.444 e. The van der Waals surface area contributed by atoms with Crippen molar-refractivity contribution in [2.24, 2.45) is 0 Å². The van der Waals surface area contributed by atoms with Gasteiger partial charge in [0.05, 0.1) is 0 Å². The minimum absolute atomic E-state index is 0.145. The molecule has 1 fully saturated rings. The van der Waals surface area contributed by atoms with E-state index in [4.69, 9.17) is 4.74 Å². The molecule has 0 bridgehead atoms. The Kier molecular flexibility index (Phi) is 4.45. The van der Waals surface area contributed by atoms with Crippen molar-refractivity contribution in [2.45, 2.75) is 38.8 Å². The van der Waals surface area contributed by atoms with Crippen LogP contribution in [-0.4, -0.2) is 47.0 Å². The molecule has 0 aliphatic carbocycles. The molecule has 1 N–H and O–H groups in total. The number of hydrogen-bond acceptors (Lipinski definition) is 5. The third-order valence-corrected chi connectivity index (χ3v) is 3.11. The minimum atomic E-state index is -0.477. The monoisotopic (exact) mass is 291 g/mol. The standard InChI is InChI=1S/C15H21N3O3/c1-15(2,3)21-14(20)18-7-6-12(9-18)17-13-5-4-11(10-19)8-16-13/h4-5,8,10,12H,6-7,9H2,1-3H3,(H,16,17)/t12-/m1/s1. The maximum atomic E-state index is 12.0. The van der Waals surface area contributed by atoms with Crippen LogP contribution in [0, 0.1) is 0 Å². The Labute approximate surface area is 124 Å². The van der Waals surface area contributed by atoms with E-state index in [0.717, 1.165) is 12.7 Å². The van der Waals surface area contributed by atoms with Crippen LogP contribution in [0.25, 0.3) is 0 Å². The van der Waals surface area contributed by atoms with E-state index in [1.54, 1.807) is 17.0 Å². The molecule has 2 rings (SSSR count). The first-order valence-corrected chi connectivity index (χ1v) is 7.03. The molecule has 0 unspecified atom stereocenters. The van der Waals surface area contributed by atoms with Gasteiger partial charge in [0.15, 0.2) is 6.29 Å². The summed E-state index contributed by atoms with van der Waals surface area (Å²) in [7, 11) is 0. The molecule has 1 atom stereocenters. The van der Waals surface area contributed by atoms with Gasteiger partial charge in [0.2, 0.25) is 0 Å². The number of likely N-dealkylation sites (tertiary alicyclic amines) is 1. The van der Waals surface area contributed by atoms with Gasteiger partial charge < -0.3 is 15.0 Å². The Bertz CT molecular complexity index is 508. The van der Waals surface area contributed by atoms with Crippen LogP contribution in [0.5, 0.6) is 0 Å². The lowest BCUT2D eigenvalue weighted by Gasteiger charge is -2.24. The Morgan fingerprint density at radius 2 is 2.24 bits per heavy atom. The lowest BCUT2D eigenvalue weighted by atomic mass is 10.2. The molecular formula is C15H21N3O3. The smallest absolute Gasteiger partial charge is 0.410 e. The first-order valence-electron chi connectivity index (χ1n) is 7.03. The zero-order valence-corrected chi connectivity index (χ0v) is 12.6. The summed E-state index contributed by atoms with van der Waals surface area (Å²) in [5.41, 5.74) is 0.0665. The largest absolute Gasteiger partial charge is 0.444 e. The first-order chi connectivity index (χ1) is 9.87. The number of carbonyl (C=O) groups is 2. The molecule has 1 aliphatic rings. The molecule has 0 aromatic carbocycles. The summed E-state index contributed by atoms with van der Waals surface area (Å²) in [6.45, 7) is 6.82. The normalized spacial score (nSPS) is 18.4. The van der Waals surface area contributed by atoms with Crippen molar-refractivity contribution in [1.82, 2.24) is 9.88 Å². The van der Waals surface area contributed by atoms with Crippen molar-refractivity contribution >= 4 is 18.2 Å². The molecule has 1 saturated heterocycles. The summed E-state index contributed by atoms with van der Waals surface area (Å²) in [5.74, 6) is 0.705. The third kappa shape index (κ3) is 4.44. The molecular weight excluding hydrogens is 270 g/mol. The fourth-order valence-corrected chi connectivity index (χ4v) is 2.14. The Morgan fingerprint density at radius 3 is 2.81 bits per heavy atom. The number of aldehydes is 1. The molecule has 1 amide bonds. The molecule has 0 spiro atoms. The number of nitrogens with one attached hydrogen (secondary N) is 1.